The second kappa shape index (κ2) is 4.44. The van der Waals surface area contributed by atoms with Crippen molar-refractivity contribution < 1.29 is 32.8 Å². The summed E-state index contributed by atoms with van der Waals surface area (Å²) >= 11 is 0. The second-order valence-electron chi connectivity index (χ2n) is 3.82. The van der Waals surface area contributed by atoms with E-state index in [1.165, 1.54) is 0 Å². The zero-order valence-electron chi connectivity index (χ0n) is 9.49. The van der Waals surface area contributed by atoms with E-state index < -0.39 is 46.2 Å². The molecule has 0 bridgehead atoms. The molecule has 2 rings (SSSR count). The first kappa shape index (κ1) is 13.7. The van der Waals surface area contributed by atoms with E-state index in [4.69, 9.17) is 5.21 Å². The van der Waals surface area contributed by atoms with Crippen LogP contribution < -0.4 is 5.32 Å². The standard InChI is InChI=1S/C11H5F3N2O4/c12-11(13,14)4-1-2-5-6(3-4)15-10(19)7(16-20)9(18)8(5)17/h1-3,20H,(H,15,19). The van der Waals surface area contributed by atoms with Crippen molar-refractivity contribution in [3.63, 3.8) is 0 Å². The van der Waals surface area contributed by atoms with Gasteiger partial charge in [-0.2, -0.15) is 13.2 Å². The summed E-state index contributed by atoms with van der Waals surface area (Å²) in [5, 5.41) is 12.8. The second-order valence-corrected chi connectivity index (χ2v) is 3.82. The average Bonchev–Trinajstić information content (AvgIpc) is 2.45. The molecule has 0 saturated carbocycles. The number of alkyl halides is 3. The van der Waals surface area contributed by atoms with Crippen LogP contribution in [0.5, 0.6) is 0 Å². The summed E-state index contributed by atoms with van der Waals surface area (Å²) < 4.78 is 37.6. The number of ketones is 2. The monoisotopic (exact) mass is 286 g/mol. The van der Waals surface area contributed by atoms with Gasteiger partial charge in [0.25, 0.3) is 11.7 Å². The quantitative estimate of drug-likeness (QED) is 0.426. The van der Waals surface area contributed by atoms with Crippen molar-refractivity contribution in [2.45, 2.75) is 6.18 Å². The number of fused-ring (bicyclic) bond motifs is 1. The predicted octanol–water partition coefficient (Wildman–Crippen LogP) is 1.24. The van der Waals surface area contributed by atoms with Crippen LogP contribution in [-0.2, 0) is 15.8 Å². The van der Waals surface area contributed by atoms with Gasteiger partial charge >= 0.3 is 6.18 Å². The minimum atomic E-state index is -4.67. The number of oxime groups is 1. The Bertz CT molecular complexity index is 664. The molecule has 0 atom stereocenters. The molecule has 0 fully saturated rings. The van der Waals surface area contributed by atoms with Crippen molar-refractivity contribution in [1.29, 1.82) is 0 Å². The van der Waals surface area contributed by atoms with Crippen molar-refractivity contribution in [3.05, 3.63) is 29.3 Å². The minimum Gasteiger partial charge on any atom is -0.410 e. The maximum Gasteiger partial charge on any atom is 0.416 e. The fourth-order valence-corrected chi connectivity index (χ4v) is 1.63. The van der Waals surface area contributed by atoms with Crippen LogP contribution in [0, 0.1) is 0 Å². The molecule has 0 saturated heterocycles. The predicted molar refractivity (Wildman–Crippen MR) is 58.6 cm³/mol. The van der Waals surface area contributed by atoms with E-state index in [1.54, 1.807) is 0 Å². The Balaban J connectivity index is 2.61. The number of rotatable bonds is 0. The molecule has 1 aliphatic rings. The van der Waals surface area contributed by atoms with E-state index in [1.807, 2.05) is 5.32 Å². The number of carbonyl (C=O) groups excluding carboxylic acids is 3. The van der Waals surface area contributed by atoms with Crippen LogP contribution in [0.25, 0.3) is 0 Å². The van der Waals surface area contributed by atoms with Gasteiger partial charge in [0.05, 0.1) is 11.3 Å². The van der Waals surface area contributed by atoms with Gasteiger partial charge in [-0.05, 0) is 18.2 Å². The van der Waals surface area contributed by atoms with Crippen molar-refractivity contribution in [2.24, 2.45) is 5.16 Å². The fourth-order valence-electron chi connectivity index (χ4n) is 1.63. The zero-order chi connectivity index (χ0) is 15.1. The molecule has 1 aliphatic heterocycles. The highest BCUT2D eigenvalue weighted by molar-refractivity contribution is 6.83. The van der Waals surface area contributed by atoms with Crippen LogP contribution in [0.2, 0.25) is 0 Å². The van der Waals surface area contributed by atoms with Crippen molar-refractivity contribution >= 4 is 28.9 Å². The van der Waals surface area contributed by atoms with Crippen LogP contribution >= 0.6 is 0 Å². The molecule has 2 N–H and O–H groups in total. The van der Waals surface area contributed by atoms with Gasteiger partial charge in [-0.25, -0.2) is 0 Å². The highest BCUT2D eigenvalue weighted by atomic mass is 19.4. The van der Waals surface area contributed by atoms with E-state index in [0.717, 1.165) is 6.07 Å². The van der Waals surface area contributed by atoms with Crippen molar-refractivity contribution in [2.75, 3.05) is 5.32 Å². The van der Waals surface area contributed by atoms with E-state index in [0.29, 0.717) is 12.1 Å². The number of hydrogen-bond acceptors (Lipinski definition) is 5. The summed E-state index contributed by atoms with van der Waals surface area (Å²) in [6.45, 7) is 0. The van der Waals surface area contributed by atoms with E-state index in [9.17, 15) is 27.6 Å². The molecule has 1 aromatic rings. The molecular weight excluding hydrogens is 281 g/mol. The van der Waals surface area contributed by atoms with Gasteiger partial charge in [0.2, 0.25) is 11.5 Å². The third-order valence-electron chi connectivity index (χ3n) is 2.58. The molecule has 6 nitrogen and oxygen atoms in total. The highest BCUT2D eigenvalue weighted by Crippen LogP contribution is 2.33. The van der Waals surface area contributed by atoms with Gasteiger partial charge in [-0.3, -0.25) is 14.4 Å². The summed E-state index contributed by atoms with van der Waals surface area (Å²) in [6.07, 6.45) is -4.67. The van der Waals surface area contributed by atoms with Gasteiger partial charge in [0.15, 0.2) is 0 Å². The number of amides is 1. The Morgan fingerprint density at radius 3 is 2.30 bits per heavy atom. The molecule has 0 aromatic heterocycles. The Morgan fingerprint density at radius 1 is 1.10 bits per heavy atom. The van der Waals surface area contributed by atoms with Gasteiger partial charge in [-0.1, -0.05) is 5.16 Å². The van der Waals surface area contributed by atoms with Crippen LogP contribution in [0.1, 0.15) is 15.9 Å². The highest BCUT2D eigenvalue weighted by Gasteiger charge is 2.37. The molecule has 20 heavy (non-hydrogen) atoms. The van der Waals surface area contributed by atoms with Crippen molar-refractivity contribution in [1.82, 2.24) is 0 Å². The van der Waals surface area contributed by atoms with Gasteiger partial charge < -0.3 is 10.5 Å². The maximum atomic E-state index is 12.5. The Labute approximate surface area is 108 Å². The summed E-state index contributed by atoms with van der Waals surface area (Å²) in [5.41, 5.74) is -3.06. The number of Topliss-reactive ketones (excluding diaryl/α,β-unsaturated/α-hetero) is 2. The SMILES string of the molecule is O=C1Nc2cc(C(F)(F)F)ccc2C(=O)C(=O)C1=NO. The van der Waals surface area contributed by atoms with Crippen LogP contribution in [-0.4, -0.2) is 28.4 Å². The first-order valence-electron chi connectivity index (χ1n) is 5.09. The molecule has 1 aromatic carbocycles. The topological polar surface area (TPSA) is 95.8 Å². The maximum absolute atomic E-state index is 12.5. The Kier molecular flexibility index (Phi) is 3.04. The van der Waals surface area contributed by atoms with E-state index in [2.05, 4.69) is 5.16 Å². The van der Waals surface area contributed by atoms with E-state index >= 15 is 0 Å². The Morgan fingerprint density at radius 2 is 1.75 bits per heavy atom. The molecule has 0 aliphatic carbocycles. The lowest BCUT2D eigenvalue weighted by atomic mass is 10.0. The van der Waals surface area contributed by atoms with Crippen LogP contribution in [0.3, 0.4) is 0 Å². The number of halogens is 3. The molecule has 104 valence electrons. The molecule has 0 unspecified atom stereocenters. The number of anilines is 1. The zero-order valence-corrected chi connectivity index (χ0v) is 9.49. The van der Waals surface area contributed by atoms with Crippen LogP contribution in [0.15, 0.2) is 23.4 Å². The lowest BCUT2D eigenvalue weighted by molar-refractivity contribution is -0.137. The molecule has 0 radical (unpaired) electrons. The molecule has 0 spiro atoms. The van der Waals surface area contributed by atoms with Crippen LogP contribution in [0.4, 0.5) is 18.9 Å². The number of nitrogens with zero attached hydrogens (tertiary/aromatic N) is 1. The lowest BCUT2D eigenvalue weighted by Gasteiger charge is -2.10. The third kappa shape index (κ3) is 2.13. The van der Waals surface area contributed by atoms with Gasteiger partial charge in [0, 0.05) is 5.56 Å². The number of carbonyl (C=O) groups is 3. The largest absolute Gasteiger partial charge is 0.416 e. The van der Waals surface area contributed by atoms with Gasteiger partial charge in [0.1, 0.15) is 0 Å². The average molecular weight is 286 g/mol. The summed E-state index contributed by atoms with van der Waals surface area (Å²) in [7, 11) is 0. The number of benzene rings is 1. The van der Waals surface area contributed by atoms with E-state index in [-0.39, 0.29) is 0 Å². The first-order chi connectivity index (χ1) is 9.25. The summed E-state index contributed by atoms with van der Waals surface area (Å²) in [6, 6.07) is 1.91. The smallest absolute Gasteiger partial charge is 0.410 e. The normalized spacial score (nSPS) is 17.8. The molecule has 1 amide bonds. The van der Waals surface area contributed by atoms with Crippen molar-refractivity contribution in [3.8, 4) is 0 Å². The van der Waals surface area contributed by atoms with Gasteiger partial charge in [-0.15, -0.1) is 0 Å². The Hall–Kier alpha value is -2.71. The minimum absolute atomic E-state index is 0.407. The summed E-state index contributed by atoms with van der Waals surface area (Å²) in [5.74, 6) is -3.90. The number of hydrogen-bond donors (Lipinski definition) is 2. The molecule has 9 heteroatoms. The first-order valence-corrected chi connectivity index (χ1v) is 5.09. The third-order valence-corrected chi connectivity index (χ3v) is 2.58. The lowest BCUT2D eigenvalue weighted by Crippen LogP contribution is -2.31. The molecular formula is C11H5F3N2O4. The molecule has 1 heterocycles. The number of nitrogens with one attached hydrogen (secondary N) is 1. The fraction of sp³-hybridized carbons (Fsp3) is 0.0909. The summed E-state index contributed by atoms with van der Waals surface area (Å²) in [4.78, 5) is 34.7.